The third kappa shape index (κ3) is 2.70. The lowest BCUT2D eigenvalue weighted by Gasteiger charge is -2.11. The van der Waals surface area contributed by atoms with Crippen LogP contribution in [0.15, 0.2) is 0 Å². The van der Waals surface area contributed by atoms with E-state index < -0.39 is 0 Å². The molecule has 0 radical (unpaired) electrons. The molecule has 0 aromatic carbocycles. The van der Waals surface area contributed by atoms with Crippen molar-refractivity contribution >= 4 is 17.5 Å². The Kier molecular flexibility index (Phi) is 3.88. The summed E-state index contributed by atoms with van der Waals surface area (Å²) in [6.45, 7) is 0. The van der Waals surface area contributed by atoms with Crippen LogP contribution >= 0.6 is 11.6 Å². The summed E-state index contributed by atoms with van der Waals surface area (Å²) in [5.74, 6) is 1.72. The van der Waals surface area contributed by atoms with Crippen molar-refractivity contribution in [3.63, 3.8) is 0 Å². The summed E-state index contributed by atoms with van der Waals surface area (Å²) in [5.41, 5.74) is 0. The summed E-state index contributed by atoms with van der Waals surface area (Å²) >= 11 is 5.61. The highest BCUT2D eigenvalue weighted by Crippen LogP contribution is 2.09. The molecule has 0 spiro atoms. The standard InChI is InChI=1S/C8H13ClN4O/c1-13(2)7-10-6(4-5-9)11-8(12-7)14-3/h4-5H2,1-3H3. The highest BCUT2D eigenvalue weighted by atomic mass is 35.5. The van der Waals surface area contributed by atoms with Gasteiger partial charge in [-0.15, -0.1) is 11.6 Å². The lowest BCUT2D eigenvalue weighted by Crippen LogP contribution is -2.15. The molecular weight excluding hydrogens is 204 g/mol. The van der Waals surface area contributed by atoms with Crippen LogP contribution in [0.25, 0.3) is 0 Å². The second-order valence-electron chi connectivity index (χ2n) is 2.87. The van der Waals surface area contributed by atoms with Crippen molar-refractivity contribution in [1.29, 1.82) is 0 Å². The summed E-state index contributed by atoms with van der Waals surface area (Å²) in [7, 11) is 5.25. The minimum atomic E-state index is 0.323. The van der Waals surface area contributed by atoms with Crippen molar-refractivity contribution in [3.05, 3.63) is 5.82 Å². The van der Waals surface area contributed by atoms with Crippen LogP contribution in [0.4, 0.5) is 5.95 Å². The lowest BCUT2D eigenvalue weighted by atomic mass is 10.4. The van der Waals surface area contributed by atoms with Crippen LogP contribution in [0.3, 0.4) is 0 Å². The number of ether oxygens (including phenoxy) is 1. The molecule has 1 heterocycles. The number of aromatic nitrogens is 3. The number of halogens is 1. The highest BCUT2D eigenvalue weighted by molar-refractivity contribution is 6.17. The molecule has 0 N–H and O–H groups in total. The van der Waals surface area contributed by atoms with Gasteiger partial charge in [0.15, 0.2) is 0 Å². The normalized spacial score (nSPS) is 10.0. The van der Waals surface area contributed by atoms with Gasteiger partial charge in [-0.1, -0.05) is 0 Å². The summed E-state index contributed by atoms with van der Waals surface area (Å²) in [5, 5.41) is 0. The first-order valence-corrected chi connectivity index (χ1v) is 4.73. The van der Waals surface area contributed by atoms with E-state index in [1.807, 2.05) is 14.1 Å². The van der Waals surface area contributed by atoms with Crippen LogP contribution in [-0.2, 0) is 6.42 Å². The van der Waals surface area contributed by atoms with E-state index in [1.165, 1.54) is 7.11 Å². The van der Waals surface area contributed by atoms with Gasteiger partial charge in [-0.05, 0) is 0 Å². The molecule has 0 aliphatic rings. The zero-order valence-corrected chi connectivity index (χ0v) is 9.25. The topological polar surface area (TPSA) is 51.1 Å². The molecule has 14 heavy (non-hydrogen) atoms. The van der Waals surface area contributed by atoms with Crippen molar-refractivity contribution in [2.45, 2.75) is 6.42 Å². The summed E-state index contributed by atoms with van der Waals surface area (Å²) in [6, 6.07) is 0.323. The van der Waals surface area contributed by atoms with E-state index in [2.05, 4.69) is 15.0 Å². The molecular formula is C8H13ClN4O. The molecule has 5 nitrogen and oxygen atoms in total. The molecule has 0 amide bonds. The van der Waals surface area contributed by atoms with E-state index in [4.69, 9.17) is 16.3 Å². The molecule has 0 atom stereocenters. The second kappa shape index (κ2) is 4.95. The molecule has 0 bridgehead atoms. The van der Waals surface area contributed by atoms with Gasteiger partial charge >= 0.3 is 6.01 Å². The van der Waals surface area contributed by atoms with Gasteiger partial charge in [-0.2, -0.15) is 15.0 Å². The Morgan fingerprint density at radius 3 is 2.50 bits per heavy atom. The fraction of sp³-hybridized carbons (Fsp3) is 0.625. The first-order chi connectivity index (χ1) is 6.67. The monoisotopic (exact) mass is 216 g/mol. The van der Waals surface area contributed by atoms with E-state index in [1.54, 1.807) is 4.90 Å². The predicted octanol–water partition coefficient (Wildman–Crippen LogP) is 0.728. The van der Waals surface area contributed by atoms with Gasteiger partial charge in [0.1, 0.15) is 5.82 Å². The summed E-state index contributed by atoms with van der Waals surface area (Å²) < 4.78 is 4.96. The predicted molar refractivity (Wildman–Crippen MR) is 55.1 cm³/mol. The van der Waals surface area contributed by atoms with E-state index in [0.717, 1.165) is 0 Å². The second-order valence-corrected chi connectivity index (χ2v) is 3.25. The number of alkyl halides is 1. The van der Waals surface area contributed by atoms with Gasteiger partial charge in [0.25, 0.3) is 0 Å². The van der Waals surface area contributed by atoms with Gasteiger partial charge in [-0.3, -0.25) is 0 Å². The van der Waals surface area contributed by atoms with Crippen LogP contribution < -0.4 is 9.64 Å². The number of hydrogen-bond donors (Lipinski definition) is 0. The van der Waals surface area contributed by atoms with Crippen molar-refractivity contribution in [3.8, 4) is 6.01 Å². The Morgan fingerprint density at radius 1 is 1.29 bits per heavy atom. The van der Waals surface area contributed by atoms with E-state index in [0.29, 0.717) is 30.1 Å². The minimum absolute atomic E-state index is 0.323. The van der Waals surface area contributed by atoms with Gasteiger partial charge < -0.3 is 9.64 Å². The SMILES string of the molecule is COc1nc(CCCl)nc(N(C)C)n1. The number of rotatable bonds is 4. The number of hydrogen-bond acceptors (Lipinski definition) is 5. The Labute approximate surface area is 88.1 Å². The zero-order valence-electron chi connectivity index (χ0n) is 8.49. The number of anilines is 1. The molecule has 1 aromatic rings. The number of aryl methyl sites for hydroxylation is 1. The van der Waals surface area contributed by atoms with Gasteiger partial charge in [0.2, 0.25) is 5.95 Å². The molecule has 0 fully saturated rings. The van der Waals surface area contributed by atoms with Gasteiger partial charge in [-0.25, -0.2) is 0 Å². The van der Waals surface area contributed by atoms with Crippen LogP contribution in [0.5, 0.6) is 6.01 Å². The Hall–Kier alpha value is -1.10. The average Bonchev–Trinajstić information content (AvgIpc) is 2.17. The maximum absolute atomic E-state index is 5.61. The Morgan fingerprint density at radius 2 is 2.00 bits per heavy atom. The molecule has 0 aliphatic carbocycles. The van der Waals surface area contributed by atoms with Crippen molar-refractivity contribution < 1.29 is 4.74 Å². The maximum Gasteiger partial charge on any atom is 0.321 e. The van der Waals surface area contributed by atoms with Crippen LogP contribution in [0.2, 0.25) is 0 Å². The van der Waals surface area contributed by atoms with Gasteiger partial charge in [0.05, 0.1) is 7.11 Å². The molecule has 78 valence electrons. The average molecular weight is 217 g/mol. The third-order valence-electron chi connectivity index (χ3n) is 1.55. The molecule has 0 saturated carbocycles. The van der Waals surface area contributed by atoms with E-state index >= 15 is 0 Å². The largest absolute Gasteiger partial charge is 0.467 e. The lowest BCUT2D eigenvalue weighted by molar-refractivity contribution is 0.376. The van der Waals surface area contributed by atoms with E-state index in [9.17, 15) is 0 Å². The third-order valence-corrected chi connectivity index (χ3v) is 1.74. The smallest absolute Gasteiger partial charge is 0.321 e. The summed E-state index contributed by atoms with van der Waals surface area (Å²) in [4.78, 5) is 14.1. The Bertz CT molecular complexity index is 305. The van der Waals surface area contributed by atoms with Crippen LogP contribution in [0, 0.1) is 0 Å². The fourth-order valence-electron chi connectivity index (χ4n) is 0.874. The molecule has 0 aliphatic heterocycles. The number of methoxy groups -OCH3 is 1. The fourth-order valence-corrected chi connectivity index (χ4v) is 1.04. The van der Waals surface area contributed by atoms with E-state index in [-0.39, 0.29) is 0 Å². The van der Waals surface area contributed by atoms with Crippen molar-refractivity contribution in [1.82, 2.24) is 15.0 Å². The maximum atomic E-state index is 5.61. The minimum Gasteiger partial charge on any atom is -0.467 e. The molecule has 1 rings (SSSR count). The van der Waals surface area contributed by atoms with Crippen molar-refractivity contribution in [2.75, 3.05) is 32.0 Å². The molecule has 0 saturated heterocycles. The van der Waals surface area contributed by atoms with Gasteiger partial charge in [0, 0.05) is 26.4 Å². The van der Waals surface area contributed by atoms with Crippen LogP contribution in [0.1, 0.15) is 5.82 Å². The molecule has 6 heteroatoms. The summed E-state index contributed by atoms with van der Waals surface area (Å²) in [6.07, 6.45) is 0.612. The first-order valence-electron chi connectivity index (χ1n) is 4.19. The highest BCUT2D eigenvalue weighted by Gasteiger charge is 2.07. The quantitative estimate of drug-likeness (QED) is 0.695. The van der Waals surface area contributed by atoms with Crippen LogP contribution in [-0.4, -0.2) is 42.0 Å². The number of nitrogens with zero attached hydrogens (tertiary/aromatic N) is 4. The zero-order chi connectivity index (χ0) is 10.6. The molecule has 1 aromatic heterocycles. The van der Waals surface area contributed by atoms with Crippen molar-refractivity contribution in [2.24, 2.45) is 0 Å². The Balaban J connectivity index is 3.00. The molecule has 0 unspecified atom stereocenters. The first kappa shape index (κ1) is 11.0.